The van der Waals surface area contributed by atoms with Crippen molar-refractivity contribution in [2.75, 3.05) is 0 Å². The number of nitrogens with zero attached hydrogens (tertiary/aromatic N) is 5. The zero-order valence-electron chi connectivity index (χ0n) is 58.9. The molecule has 5 heteroatoms. The molecule has 0 saturated carbocycles. The number of hydrogen-bond acceptors (Lipinski definition) is 3. The molecule has 5 nitrogen and oxygen atoms in total. The van der Waals surface area contributed by atoms with Crippen LogP contribution in [0.25, 0.3) is 110 Å². The minimum absolute atomic E-state index is 0.506. The van der Waals surface area contributed by atoms with Gasteiger partial charge in [-0.15, -0.1) is 0 Å². The predicted octanol–water partition coefficient (Wildman–Crippen LogP) is 13.1. The van der Waals surface area contributed by atoms with Crippen molar-refractivity contribution in [2.45, 2.75) is 12.8 Å². The van der Waals surface area contributed by atoms with Crippen LogP contribution in [0.4, 0.5) is 0 Å². The molecule has 0 spiro atoms. The monoisotopic (exact) mass is 746 g/mol. The molecule has 262 valence electrons. The fourth-order valence-electron chi connectivity index (χ4n) is 7.02. The smallest absolute Gasteiger partial charge is 0.238 e. The van der Waals surface area contributed by atoms with Crippen LogP contribution < -0.4 is 0 Å². The van der Waals surface area contributed by atoms with Gasteiger partial charge in [-0.05, 0) is 75.3 Å². The molecule has 0 radical (unpaired) electrons. The minimum Gasteiger partial charge on any atom is -0.313 e. The lowest BCUT2D eigenvalue weighted by molar-refractivity contribution is 0.955. The highest BCUT2D eigenvalue weighted by atomic mass is 15.2. The summed E-state index contributed by atoms with van der Waals surface area (Å²) in [6.07, 6.45) is -3.94. The minimum atomic E-state index is -2.02. The van der Waals surface area contributed by atoms with Crippen LogP contribution in [0.5, 0.6) is 0 Å². The molecule has 56 heavy (non-hydrogen) atoms. The molecular weight excluding hydrogens is 683 g/mol. The van der Waals surface area contributed by atoms with Crippen LogP contribution >= 0.6 is 0 Å². The molecule has 1 aliphatic carbocycles. The summed E-state index contributed by atoms with van der Waals surface area (Å²) >= 11 is 0. The third kappa shape index (κ3) is 4.52. The van der Waals surface area contributed by atoms with Crippen molar-refractivity contribution in [3.8, 4) is 28.7 Å². The van der Waals surface area contributed by atoms with Gasteiger partial charge in [0.2, 0.25) is 5.95 Å². The van der Waals surface area contributed by atoms with Gasteiger partial charge in [-0.2, -0.15) is 9.97 Å². The van der Waals surface area contributed by atoms with E-state index in [-0.39, 0.29) is 0 Å². The molecule has 3 aromatic heterocycles. The van der Waals surface area contributed by atoms with E-state index in [2.05, 4.69) is 15.0 Å². The summed E-state index contributed by atoms with van der Waals surface area (Å²) < 4.78 is 283. The summed E-state index contributed by atoms with van der Waals surface area (Å²) in [7, 11) is 0. The van der Waals surface area contributed by atoms with Crippen LogP contribution in [0.1, 0.15) is 55.3 Å². The molecule has 0 aliphatic heterocycles. The lowest BCUT2D eigenvalue weighted by atomic mass is 9.93. The number of fused-ring (bicyclic) bond motifs is 13. The Morgan fingerprint density at radius 1 is 0.464 bits per heavy atom. The van der Waals surface area contributed by atoms with Crippen LogP contribution in [-0.2, 0) is 0 Å². The third-order valence-electron chi connectivity index (χ3n) is 9.28. The summed E-state index contributed by atoms with van der Waals surface area (Å²) in [6.45, 7) is 0. The number of aromatic nitrogens is 5. The van der Waals surface area contributed by atoms with E-state index in [1.807, 2.05) is 0 Å². The van der Waals surface area contributed by atoms with Gasteiger partial charge in [0.05, 0.1) is 61.8 Å². The van der Waals surface area contributed by atoms with Gasteiger partial charge < -0.3 is 4.57 Å². The summed E-state index contributed by atoms with van der Waals surface area (Å²) in [6, 6.07) is -26.6. The maximum atomic E-state index is 10.1. The van der Waals surface area contributed by atoms with Crippen molar-refractivity contribution < 1.29 is 42.5 Å². The second-order valence-corrected chi connectivity index (χ2v) is 12.2. The molecule has 0 saturated heterocycles. The van der Waals surface area contributed by atoms with E-state index in [4.69, 9.17) is 27.4 Å². The van der Waals surface area contributed by atoms with Gasteiger partial charge in [-0.3, -0.25) is 4.57 Å². The number of benzene rings is 8. The van der Waals surface area contributed by atoms with Gasteiger partial charge in [0, 0.05) is 41.1 Å². The maximum absolute atomic E-state index is 10.1. The Morgan fingerprint density at radius 2 is 1.04 bits per heavy atom. The molecule has 1 aliphatic rings. The van der Waals surface area contributed by atoms with Crippen LogP contribution in [0.15, 0.2) is 175 Å². The fourth-order valence-corrected chi connectivity index (χ4v) is 7.02. The predicted molar refractivity (Wildman–Crippen MR) is 233 cm³/mol. The van der Waals surface area contributed by atoms with E-state index >= 15 is 0 Å². The van der Waals surface area contributed by atoms with Crippen molar-refractivity contribution in [3.63, 3.8) is 0 Å². The third-order valence-corrected chi connectivity index (χ3v) is 9.28. The fraction of sp³-hybridized carbons (Fsp3) is 0.0392. The van der Waals surface area contributed by atoms with Gasteiger partial charge in [-0.25, -0.2) is 4.98 Å². The topological polar surface area (TPSA) is 48.5 Å². The zero-order chi connectivity index (χ0) is 63.7. The van der Waals surface area contributed by atoms with Crippen molar-refractivity contribution in [3.05, 3.63) is 175 Å². The normalized spacial score (nSPS) is 24.2. The highest BCUT2D eigenvalue weighted by Gasteiger charge is 2.24. The number of allylic oxidation sites excluding steroid dienone is 4. The highest BCUT2D eigenvalue weighted by molar-refractivity contribution is 6.27. The average molecular weight is 747 g/mol. The van der Waals surface area contributed by atoms with Gasteiger partial charge >= 0.3 is 0 Å². The largest absolute Gasteiger partial charge is 0.313 e. The molecule has 0 fully saturated rings. The number of rotatable bonds is 4. The van der Waals surface area contributed by atoms with Crippen molar-refractivity contribution >= 4 is 81.6 Å². The molecule has 0 amide bonds. The van der Waals surface area contributed by atoms with Crippen LogP contribution in [0.3, 0.4) is 0 Å². The van der Waals surface area contributed by atoms with Crippen molar-refractivity contribution in [1.82, 2.24) is 24.1 Å². The van der Waals surface area contributed by atoms with Crippen LogP contribution in [0, 0.1) is 0 Å². The Morgan fingerprint density at radius 3 is 1.77 bits per heavy atom. The molecule has 8 aromatic carbocycles. The summed E-state index contributed by atoms with van der Waals surface area (Å²) in [5.41, 5.74) is -5.00. The van der Waals surface area contributed by atoms with Gasteiger partial charge in [0.1, 0.15) is 0 Å². The standard InChI is InChI=1S/C51H33N5/c1-3-15-32(16-4-1)49-52-50(33-27-28-39-37-21-8-7-19-35(37)36-20-9-10-22-38(36)43(39)31-33)54-51(53-49)56-44-25-13-11-23-40(44)41-29-30-46-47(48(41)56)42-24-12-14-26-45(42)55(46)34-17-5-2-6-18-34/h1-5,7-17,19-31H,6,18H2/i1D,2D,3D,4D,5D,6D,7D,8D,9D,10D,11D,12D,13D,14D,15D,16D,17D,18D,19D,20D,21D,22D,23D,24D,25D,26D,27D,28D,29D,30D,31D. The van der Waals surface area contributed by atoms with Gasteiger partial charge in [0.15, 0.2) is 11.6 Å². The molecule has 0 N–H and O–H groups in total. The lowest BCUT2D eigenvalue weighted by Crippen LogP contribution is -2.06. The first-order chi connectivity index (χ1) is 40.7. The van der Waals surface area contributed by atoms with E-state index < -0.39 is 298 Å². The SMILES string of the molecule is [2H]C1=C([2H])C([2H])C([2H])C(n2c3c([2H])c([2H])c([2H])c([2H])c3c3c2c([2H])c([2H])c2c4c([2H])c([2H])c([2H])c([2H])c4n(-c4nc(-c5c([2H])c([2H])c([2H])c([2H])c5[2H])nc(-c5c([2H])c([2H])c6c7c([2H])c([2H])c([2H])c([2H])c7c7c([2H])c([2H])c([2H])c([2H])c7c6c5[2H])n4)c23)=C1[2H]. The number of hydrogen-bond donors (Lipinski definition) is 0. The van der Waals surface area contributed by atoms with E-state index in [9.17, 15) is 15.1 Å². The highest BCUT2D eigenvalue weighted by Crippen LogP contribution is 2.43. The zero-order valence-corrected chi connectivity index (χ0v) is 27.9. The molecule has 0 bridgehead atoms. The summed E-state index contributed by atoms with van der Waals surface area (Å²) in [5, 5.41) is -5.76. The first kappa shape index (κ1) is 13.4. The Bertz CT molecular complexity index is 5190. The second kappa shape index (κ2) is 12.1. The number of para-hydroxylation sites is 2. The average Bonchev–Trinajstić information content (AvgIpc) is 1.63. The van der Waals surface area contributed by atoms with E-state index in [0.717, 1.165) is 9.13 Å². The summed E-state index contributed by atoms with van der Waals surface area (Å²) in [5.74, 6) is -2.89. The van der Waals surface area contributed by atoms with E-state index in [0.29, 0.717) is 0 Å². The van der Waals surface area contributed by atoms with Crippen molar-refractivity contribution in [2.24, 2.45) is 0 Å². The first-order valence-electron chi connectivity index (χ1n) is 32.2. The van der Waals surface area contributed by atoms with E-state index in [1.165, 1.54) is 0 Å². The van der Waals surface area contributed by atoms with Crippen molar-refractivity contribution in [1.29, 1.82) is 0 Å². The molecular formula is C51H33N5. The van der Waals surface area contributed by atoms with Crippen LogP contribution in [0.2, 0.25) is 0 Å². The summed E-state index contributed by atoms with van der Waals surface area (Å²) in [4.78, 5) is 13.7. The Labute approximate surface area is 365 Å². The molecule has 2 atom stereocenters. The molecule has 11 aromatic rings. The molecule has 12 rings (SSSR count). The first-order valence-corrected chi connectivity index (χ1v) is 16.6. The maximum Gasteiger partial charge on any atom is 0.238 e. The van der Waals surface area contributed by atoms with Gasteiger partial charge in [-0.1, -0.05) is 145 Å². The quantitative estimate of drug-likeness (QED) is 0.169. The Kier molecular flexibility index (Phi) is 2.89. The van der Waals surface area contributed by atoms with E-state index in [1.54, 1.807) is 0 Å². The lowest BCUT2D eigenvalue weighted by Gasteiger charge is -2.14. The molecule has 3 heterocycles. The Hall–Kier alpha value is -7.37. The second-order valence-electron chi connectivity index (χ2n) is 12.2. The Balaban J connectivity index is 1.39. The van der Waals surface area contributed by atoms with Crippen LogP contribution in [-0.4, -0.2) is 24.1 Å². The molecule has 2 unspecified atom stereocenters. The van der Waals surface area contributed by atoms with Gasteiger partial charge in [0.25, 0.3) is 0 Å².